The van der Waals surface area contributed by atoms with Crippen LogP contribution in [0.2, 0.25) is 0 Å². The Bertz CT molecular complexity index is 536. The minimum atomic E-state index is -3.50. The molecule has 4 N–H and O–H groups in total. The van der Waals surface area contributed by atoms with Gasteiger partial charge in [-0.3, -0.25) is 0 Å². The van der Waals surface area contributed by atoms with Gasteiger partial charge in [0.05, 0.1) is 11.9 Å². The molecule has 114 valence electrons. The SMILES string of the molecule is CC(C)(C)CC(O)CNS(=O)(=O)Cc1ccccc1N. The molecule has 5 nitrogen and oxygen atoms in total. The Labute approximate surface area is 121 Å². The van der Waals surface area contributed by atoms with Gasteiger partial charge in [0.25, 0.3) is 0 Å². The van der Waals surface area contributed by atoms with Crippen molar-refractivity contribution >= 4 is 15.7 Å². The van der Waals surface area contributed by atoms with E-state index in [-0.39, 0.29) is 17.7 Å². The zero-order valence-electron chi connectivity index (χ0n) is 12.3. The molecule has 0 aliphatic heterocycles. The topological polar surface area (TPSA) is 92.4 Å². The standard InChI is InChI=1S/C14H24N2O3S/c1-14(2,3)8-12(17)9-16-20(18,19)10-11-6-4-5-7-13(11)15/h4-7,12,16-17H,8-10,15H2,1-3H3. The van der Waals surface area contributed by atoms with Gasteiger partial charge in [-0.05, 0) is 23.5 Å². The highest BCUT2D eigenvalue weighted by atomic mass is 32.2. The van der Waals surface area contributed by atoms with Gasteiger partial charge in [-0.25, -0.2) is 13.1 Å². The van der Waals surface area contributed by atoms with Gasteiger partial charge in [-0.15, -0.1) is 0 Å². The summed E-state index contributed by atoms with van der Waals surface area (Å²) in [5.41, 5.74) is 6.69. The fraction of sp³-hybridized carbons (Fsp3) is 0.571. The number of hydrogen-bond donors (Lipinski definition) is 3. The van der Waals surface area contributed by atoms with Crippen molar-refractivity contribution in [3.8, 4) is 0 Å². The normalized spacial score (nSPS) is 14.2. The summed E-state index contributed by atoms with van der Waals surface area (Å²) in [6, 6.07) is 6.85. The van der Waals surface area contributed by atoms with Crippen LogP contribution in [0.4, 0.5) is 5.69 Å². The molecule has 0 aliphatic carbocycles. The number of nitrogens with one attached hydrogen (secondary N) is 1. The summed E-state index contributed by atoms with van der Waals surface area (Å²) in [5, 5.41) is 9.82. The fourth-order valence-electron chi connectivity index (χ4n) is 1.92. The van der Waals surface area contributed by atoms with Crippen molar-refractivity contribution in [2.45, 2.75) is 39.0 Å². The van der Waals surface area contributed by atoms with Gasteiger partial charge in [-0.1, -0.05) is 39.0 Å². The van der Waals surface area contributed by atoms with Crippen LogP contribution in [0.3, 0.4) is 0 Å². The maximum absolute atomic E-state index is 11.9. The largest absolute Gasteiger partial charge is 0.398 e. The summed E-state index contributed by atoms with van der Waals surface area (Å²) in [5.74, 6) is -0.179. The molecule has 0 saturated heterocycles. The van der Waals surface area contributed by atoms with E-state index in [1.807, 2.05) is 20.8 Å². The predicted octanol–water partition coefficient (Wildman–Crippen LogP) is 1.49. The summed E-state index contributed by atoms with van der Waals surface area (Å²) in [6.45, 7) is 6.01. The van der Waals surface area contributed by atoms with E-state index in [4.69, 9.17) is 5.73 Å². The number of rotatable bonds is 6. The third kappa shape index (κ3) is 6.36. The quantitative estimate of drug-likeness (QED) is 0.694. The van der Waals surface area contributed by atoms with E-state index >= 15 is 0 Å². The first kappa shape index (κ1) is 16.9. The Morgan fingerprint density at radius 2 is 1.90 bits per heavy atom. The van der Waals surface area contributed by atoms with E-state index < -0.39 is 16.1 Å². The molecule has 0 heterocycles. The monoisotopic (exact) mass is 300 g/mol. The molecular weight excluding hydrogens is 276 g/mol. The van der Waals surface area contributed by atoms with Crippen molar-refractivity contribution in [3.63, 3.8) is 0 Å². The Morgan fingerprint density at radius 1 is 1.30 bits per heavy atom. The van der Waals surface area contributed by atoms with Crippen LogP contribution >= 0.6 is 0 Å². The lowest BCUT2D eigenvalue weighted by atomic mass is 9.89. The molecule has 0 amide bonds. The molecule has 0 aromatic heterocycles. The lowest BCUT2D eigenvalue weighted by Crippen LogP contribution is -2.35. The summed E-state index contributed by atoms with van der Waals surface area (Å²) in [6.07, 6.45) is -0.166. The minimum Gasteiger partial charge on any atom is -0.398 e. The van der Waals surface area contributed by atoms with Gasteiger partial charge in [0, 0.05) is 12.2 Å². The van der Waals surface area contributed by atoms with Crippen LogP contribution < -0.4 is 10.5 Å². The Morgan fingerprint density at radius 3 is 2.45 bits per heavy atom. The predicted molar refractivity (Wildman–Crippen MR) is 81.6 cm³/mol. The van der Waals surface area contributed by atoms with Gasteiger partial charge in [-0.2, -0.15) is 0 Å². The number of benzene rings is 1. The van der Waals surface area contributed by atoms with Gasteiger partial charge < -0.3 is 10.8 Å². The molecule has 1 rings (SSSR count). The summed E-state index contributed by atoms with van der Waals surface area (Å²) in [7, 11) is -3.50. The van der Waals surface area contributed by atoms with Crippen LogP contribution in [0, 0.1) is 5.41 Å². The van der Waals surface area contributed by atoms with E-state index in [0.717, 1.165) is 0 Å². The molecule has 0 bridgehead atoms. The molecule has 0 aliphatic rings. The third-order valence-corrected chi connectivity index (χ3v) is 4.09. The number of nitrogens with two attached hydrogens (primary N) is 1. The first-order chi connectivity index (χ1) is 9.09. The molecule has 1 aromatic rings. The molecule has 0 fully saturated rings. The van der Waals surface area contributed by atoms with Gasteiger partial charge >= 0.3 is 0 Å². The molecule has 0 spiro atoms. The molecule has 1 atom stereocenters. The lowest BCUT2D eigenvalue weighted by Gasteiger charge is -2.22. The number of para-hydroxylation sites is 1. The van der Waals surface area contributed by atoms with Crippen molar-refractivity contribution in [2.24, 2.45) is 5.41 Å². The third-order valence-electron chi connectivity index (χ3n) is 2.79. The van der Waals surface area contributed by atoms with Gasteiger partial charge in [0.2, 0.25) is 10.0 Å². The summed E-state index contributed by atoms with van der Waals surface area (Å²) < 4.78 is 26.3. The summed E-state index contributed by atoms with van der Waals surface area (Å²) >= 11 is 0. The molecular formula is C14H24N2O3S. The van der Waals surface area contributed by atoms with Gasteiger partial charge in [0.15, 0.2) is 0 Å². The molecule has 1 unspecified atom stereocenters. The highest BCUT2D eigenvalue weighted by molar-refractivity contribution is 7.88. The zero-order chi connectivity index (χ0) is 15.4. The van der Waals surface area contributed by atoms with E-state index in [1.165, 1.54) is 0 Å². The molecule has 6 heteroatoms. The van der Waals surface area contributed by atoms with E-state index in [1.54, 1.807) is 24.3 Å². The zero-order valence-corrected chi connectivity index (χ0v) is 13.1. The minimum absolute atomic E-state index is 0.0202. The van der Waals surface area contributed by atoms with E-state index in [0.29, 0.717) is 17.7 Å². The van der Waals surface area contributed by atoms with Crippen molar-refractivity contribution in [3.05, 3.63) is 29.8 Å². The van der Waals surface area contributed by atoms with Crippen molar-refractivity contribution in [1.82, 2.24) is 4.72 Å². The highest BCUT2D eigenvalue weighted by Gasteiger charge is 2.19. The lowest BCUT2D eigenvalue weighted by molar-refractivity contribution is 0.125. The average Bonchev–Trinajstić information content (AvgIpc) is 2.27. The average molecular weight is 300 g/mol. The van der Waals surface area contributed by atoms with Crippen LogP contribution in [0.5, 0.6) is 0 Å². The van der Waals surface area contributed by atoms with Crippen LogP contribution in [0.15, 0.2) is 24.3 Å². The second-order valence-corrected chi connectivity index (χ2v) is 8.03. The maximum atomic E-state index is 11.9. The van der Waals surface area contributed by atoms with Crippen LogP contribution in [0.1, 0.15) is 32.8 Å². The number of nitrogen functional groups attached to an aromatic ring is 1. The van der Waals surface area contributed by atoms with E-state index in [9.17, 15) is 13.5 Å². The van der Waals surface area contributed by atoms with Crippen molar-refractivity contribution in [2.75, 3.05) is 12.3 Å². The van der Waals surface area contributed by atoms with Crippen molar-refractivity contribution in [1.29, 1.82) is 0 Å². The molecule has 0 saturated carbocycles. The number of hydrogen-bond acceptors (Lipinski definition) is 4. The van der Waals surface area contributed by atoms with Gasteiger partial charge in [0.1, 0.15) is 0 Å². The Kier molecular flexibility index (Phi) is 5.56. The number of sulfonamides is 1. The van der Waals surface area contributed by atoms with E-state index in [2.05, 4.69) is 4.72 Å². The number of aliphatic hydroxyl groups excluding tert-OH is 1. The molecule has 0 radical (unpaired) electrons. The highest BCUT2D eigenvalue weighted by Crippen LogP contribution is 2.20. The fourth-order valence-corrected chi connectivity index (χ4v) is 3.14. The maximum Gasteiger partial charge on any atom is 0.215 e. The van der Waals surface area contributed by atoms with Crippen LogP contribution in [0.25, 0.3) is 0 Å². The Hall–Kier alpha value is -1.11. The second kappa shape index (κ2) is 6.56. The molecule has 20 heavy (non-hydrogen) atoms. The smallest absolute Gasteiger partial charge is 0.215 e. The number of anilines is 1. The Balaban J connectivity index is 2.57. The van der Waals surface area contributed by atoms with Crippen LogP contribution in [-0.2, 0) is 15.8 Å². The van der Waals surface area contributed by atoms with Crippen LogP contribution in [-0.4, -0.2) is 26.2 Å². The first-order valence-electron chi connectivity index (χ1n) is 6.58. The second-order valence-electron chi connectivity index (χ2n) is 6.22. The van der Waals surface area contributed by atoms with Crippen molar-refractivity contribution < 1.29 is 13.5 Å². The first-order valence-corrected chi connectivity index (χ1v) is 8.23. The number of aliphatic hydroxyl groups is 1. The molecule has 1 aromatic carbocycles. The summed E-state index contributed by atoms with van der Waals surface area (Å²) in [4.78, 5) is 0.